The zero-order valence-corrected chi connectivity index (χ0v) is 14.3. The van der Waals surface area contributed by atoms with E-state index in [9.17, 15) is 19.8 Å². The fourth-order valence-corrected chi connectivity index (χ4v) is 3.65. The Morgan fingerprint density at radius 3 is 2.32 bits per heavy atom. The Bertz CT molecular complexity index is 704. The lowest BCUT2D eigenvalue weighted by atomic mass is 9.99. The van der Waals surface area contributed by atoms with Crippen molar-refractivity contribution in [2.24, 2.45) is 0 Å². The van der Waals surface area contributed by atoms with Gasteiger partial charge in [0.25, 0.3) is 0 Å². The number of amides is 1. The highest BCUT2D eigenvalue weighted by Crippen LogP contribution is 2.53. The van der Waals surface area contributed by atoms with Crippen LogP contribution in [0.3, 0.4) is 0 Å². The van der Waals surface area contributed by atoms with Gasteiger partial charge >= 0.3 is 12.1 Å². The first-order valence-corrected chi connectivity index (χ1v) is 7.33. The molecule has 1 aliphatic rings. The van der Waals surface area contributed by atoms with Crippen molar-refractivity contribution in [2.45, 2.75) is 26.3 Å². The summed E-state index contributed by atoms with van der Waals surface area (Å²) in [4.78, 5) is 24.5. The summed E-state index contributed by atoms with van der Waals surface area (Å²) in [5.41, 5.74) is -0.0705. The molecular weight excluding hydrogens is 354 g/mol. The van der Waals surface area contributed by atoms with Crippen molar-refractivity contribution in [1.29, 1.82) is 0 Å². The average Bonchev–Trinajstić information content (AvgIpc) is 2.67. The highest BCUT2D eigenvalue weighted by molar-refractivity contribution is 9.15. The molecule has 0 bridgehead atoms. The van der Waals surface area contributed by atoms with Crippen LogP contribution in [0.15, 0.2) is 23.9 Å². The number of methoxy groups -OCH3 is 1. The molecule has 0 radical (unpaired) electrons. The smallest absolute Gasteiger partial charge is 0.508 e. The van der Waals surface area contributed by atoms with Crippen LogP contribution < -0.4 is 4.48 Å². The van der Waals surface area contributed by atoms with Crippen molar-refractivity contribution in [3.8, 4) is 5.75 Å². The third kappa shape index (κ3) is 1.96. The predicted octanol–water partition coefficient (Wildman–Crippen LogP) is 3.43. The number of carbonyl (C=O) groups excluding carboxylic acids is 1. The molecule has 2 rings (SSSR count). The molecule has 0 aliphatic carbocycles. The van der Waals surface area contributed by atoms with Gasteiger partial charge in [0.1, 0.15) is 15.8 Å². The molecule has 6 nitrogen and oxygen atoms in total. The number of quaternary nitrogens is 1. The van der Waals surface area contributed by atoms with E-state index in [1.165, 1.54) is 19.2 Å². The van der Waals surface area contributed by atoms with E-state index in [0.717, 1.165) is 0 Å². The van der Waals surface area contributed by atoms with Crippen LogP contribution in [0.25, 0.3) is 4.48 Å². The van der Waals surface area contributed by atoms with E-state index in [4.69, 9.17) is 4.74 Å². The SMILES string of the molecule is COC(=O)C1=C(Br)c2ccc(O)cc2[N+]1(C(=O)O)C(C)(C)C. The number of hydrogen-bond acceptors (Lipinski definition) is 4. The van der Waals surface area contributed by atoms with E-state index in [1.807, 2.05) is 0 Å². The molecule has 1 atom stereocenters. The van der Waals surface area contributed by atoms with Crippen molar-refractivity contribution in [2.75, 3.05) is 7.11 Å². The number of nitrogens with zero attached hydrogens (tertiary/aromatic N) is 1. The van der Waals surface area contributed by atoms with E-state index >= 15 is 0 Å². The van der Waals surface area contributed by atoms with Crippen LogP contribution in [0.1, 0.15) is 26.3 Å². The Labute approximate surface area is 136 Å². The normalized spacial score (nSPS) is 20.8. The van der Waals surface area contributed by atoms with Gasteiger partial charge in [-0.1, -0.05) is 0 Å². The molecule has 0 saturated heterocycles. The highest BCUT2D eigenvalue weighted by Gasteiger charge is 2.62. The van der Waals surface area contributed by atoms with Gasteiger partial charge in [-0.05, 0) is 48.8 Å². The second-order valence-corrected chi connectivity index (χ2v) is 6.77. The largest absolute Gasteiger partial charge is 0.524 e. The number of fused-ring (bicyclic) bond motifs is 1. The summed E-state index contributed by atoms with van der Waals surface area (Å²) in [6.07, 6.45) is -1.23. The number of aromatic hydroxyl groups is 1. The van der Waals surface area contributed by atoms with Gasteiger partial charge in [0, 0.05) is 6.07 Å². The quantitative estimate of drug-likeness (QED) is 0.584. The minimum absolute atomic E-state index is 0.0249. The number of rotatable bonds is 1. The van der Waals surface area contributed by atoms with Gasteiger partial charge in [0.05, 0.1) is 12.7 Å². The van der Waals surface area contributed by atoms with Gasteiger partial charge < -0.3 is 14.9 Å². The van der Waals surface area contributed by atoms with Crippen LogP contribution in [0.2, 0.25) is 0 Å². The van der Waals surface area contributed by atoms with Gasteiger partial charge in [-0.2, -0.15) is 4.79 Å². The third-order valence-electron chi connectivity index (χ3n) is 3.79. The number of benzene rings is 1. The van der Waals surface area contributed by atoms with Crippen molar-refractivity contribution in [3.05, 3.63) is 29.5 Å². The average molecular weight is 371 g/mol. The van der Waals surface area contributed by atoms with Crippen LogP contribution in [0, 0.1) is 0 Å². The summed E-state index contributed by atoms with van der Waals surface area (Å²) in [6, 6.07) is 4.39. The zero-order chi connectivity index (χ0) is 16.9. The second-order valence-electron chi connectivity index (χ2n) is 5.98. The fraction of sp³-hybridized carbons (Fsp3) is 0.333. The Balaban J connectivity index is 2.98. The molecule has 118 valence electrons. The zero-order valence-electron chi connectivity index (χ0n) is 12.7. The van der Waals surface area contributed by atoms with E-state index in [1.54, 1.807) is 26.8 Å². The molecule has 1 heterocycles. The molecule has 1 aromatic carbocycles. The summed E-state index contributed by atoms with van der Waals surface area (Å²) in [6.45, 7) is 5.14. The number of halogens is 1. The summed E-state index contributed by atoms with van der Waals surface area (Å²) < 4.78 is 4.39. The Hall–Kier alpha value is -1.86. The maximum absolute atomic E-state index is 12.3. The lowest BCUT2D eigenvalue weighted by molar-refractivity contribution is -0.138. The van der Waals surface area contributed by atoms with Crippen LogP contribution in [0.5, 0.6) is 5.75 Å². The molecule has 1 aliphatic heterocycles. The summed E-state index contributed by atoms with van der Waals surface area (Å²) in [5.74, 6) is -0.807. The predicted molar refractivity (Wildman–Crippen MR) is 85.5 cm³/mol. The van der Waals surface area contributed by atoms with Gasteiger partial charge in [-0.15, -0.1) is 4.48 Å². The summed E-state index contributed by atoms with van der Waals surface area (Å²) in [7, 11) is 1.20. The number of carbonyl (C=O) groups is 2. The first kappa shape index (κ1) is 16.5. The first-order valence-electron chi connectivity index (χ1n) is 6.54. The summed E-state index contributed by atoms with van der Waals surface area (Å²) in [5, 5.41) is 19.8. The molecule has 0 saturated carbocycles. The molecule has 1 unspecified atom stereocenters. The van der Waals surface area contributed by atoms with E-state index in [0.29, 0.717) is 15.7 Å². The Kier molecular flexibility index (Phi) is 3.83. The Morgan fingerprint density at radius 1 is 1.27 bits per heavy atom. The number of ether oxygens (including phenoxy) is 1. The first-order chi connectivity index (χ1) is 10.1. The topological polar surface area (TPSA) is 83.8 Å². The van der Waals surface area contributed by atoms with Gasteiger partial charge in [-0.25, -0.2) is 4.79 Å². The molecule has 1 aromatic rings. The van der Waals surface area contributed by atoms with Gasteiger partial charge in [0.2, 0.25) is 5.70 Å². The monoisotopic (exact) mass is 370 g/mol. The minimum atomic E-state index is -1.23. The third-order valence-corrected chi connectivity index (χ3v) is 4.60. The van der Waals surface area contributed by atoms with Crippen molar-refractivity contribution in [3.63, 3.8) is 0 Å². The highest BCUT2D eigenvalue weighted by atomic mass is 79.9. The molecule has 0 fully saturated rings. The number of esters is 1. The number of carboxylic acid groups (broad SMARTS) is 1. The van der Waals surface area contributed by atoms with E-state index < -0.39 is 22.1 Å². The van der Waals surface area contributed by atoms with Crippen LogP contribution in [-0.4, -0.2) is 34.9 Å². The number of hydrogen-bond donors (Lipinski definition) is 2. The fourth-order valence-electron chi connectivity index (χ4n) is 2.88. The molecule has 0 spiro atoms. The van der Waals surface area contributed by atoms with Crippen molar-refractivity contribution >= 4 is 38.2 Å². The number of phenolic OH excluding ortho intramolecular Hbond substituents is 1. The Morgan fingerprint density at radius 2 is 1.86 bits per heavy atom. The van der Waals surface area contributed by atoms with Gasteiger partial charge in [0.15, 0.2) is 5.69 Å². The molecular formula is C15H17BrNO5+. The lowest BCUT2D eigenvalue weighted by Crippen LogP contribution is -2.64. The molecule has 0 aromatic heterocycles. The lowest BCUT2D eigenvalue weighted by Gasteiger charge is -2.40. The van der Waals surface area contributed by atoms with Crippen LogP contribution in [-0.2, 0) is 9.53 Å². The van der Waals surface area contributed by atoms with Crippen molar-refractivity contribution < 1.29 is 24.5 Å². The van der Waals surface area contributed by atoms with E-state index in [-0.39, 0.29) is 11.4 Å². The maximum atomic E-state index is 12.3. The van der Waals surface area contributed by atoms with Crippen LogP contribution in [0.4, 0.5) is 10.5 Å². The van der Waals surface area contributed by atoms with Crippen LogP contribution >= 0.6 is 15.9 Å². The molecule has 7 heteroatoms. The van der Waals surface area contributed by atoms with Crippen molar-refractivity contribution in [1.82, 2.24) is 4.48 Å². The molecule has 22 heavy (non-hydrogen) atoms. The number of phenols is 1. The molecule has 1 amide bonds. The maximum Gasteiger partial charge on any atom is 0.524 e. The second kappa shape index (κ2) is 5.10. The minimum Gasteiger partial charge on any atom is -0.508 e. The van der Waals surface area contributed by atoms with Gasteiger partial charge in [-0.3, -0.25) is 0 Å². The standard InChI is InChI=1S/C15H16BrNO5/c1-15(2,3)17(14(20)21)10-7-8(18)5-6-9(10)11(16)12(17)13(19)22-4/h5-7H,1-4H3,(H-,18,19,20,21)/p+1. The molecule has 2 N–H and O–H groups in total. The van der Waals surface area contributed by atoms with E-state index in [2.05, 4.69) is 15.9 Å². The summed E-state index contributed by atoms with van der Waals surface area (Å²) >= 11 is 3.32.